The second-order valence-corrected chi connectivity index (χ2v) is 5.67. The van der Waals surface area contributed by atoms with Crippen molar-refractivity contribution in [3.05, 3.63) is 41.7 Å². The number of aromatic nitrogens is 2. The van der Waals surface area contributed by atoms with Crippen molar-refractivity contribution in [2.75, 3.05) is 19.9 Å². The Labute approximate surface area is 128 Å². The van der Waals surface area contributed by atoms with Gasteiger partial charge in [-0.05, 0) is 31.0 Å². The Morgan fingerprint density at radius 2 is 2.19 bits per heavy atom. The van der Waals surface area contributed by atoms with E-state index in [0.717, 1.165) is 10.8 Å². The van der Waals surface area contributed by atoms with Crippen LogP contribution in [-0.2, 0) is 9.63 Å². The molecule has 1 aromatic carbocycles. The van der Waals surface area contributed by atoms with E-state index >= 15 is 0 Å². The second kappa shape index (κ2) is 6.78. The molecule has 0 aliphatic carbocycles. The Bertz CT molecular complexity index is 640. The van der Waals surface area contributed by atoms with E-state index in [2.05, 4.69) is 37.0 Å². The molecule has 0 bridgehead atoms. The Balaban J connectivity index is 2.19. The molecule has 0 aliphatic rings. The fourth-order valence-corrected chi connectivity index (χ4v) is 2.75. The van der Waals surface area contributed by atoms with Gasteiger partial charge in [0.2, 0.25) is 0 Å². The van der Waals surface area contributed by atoms with Gasteiger partial charge >= 0.3 is 0 Å². The number of hydrogen-bond acceptors (Lipinski definition) is 4. The maximum Gasteiger partial charge on any atom is 0.256 e. The summed E-state index contributed by atoms with van der Waals surface area (Å²) in [5.41, 5.74) is 3.44. The summed E-state index contributed by atoms with van der Waals surface area (Å²) in [5.74, 6) is 0.185. The zero-order valence-corrected chi connectivity index (χ0v) is 13.5. The largest absolute Gasteiger partial charge is 0.295 e. The smallest absolute Gasteiger partial charge is 0.256 e. The lowest BCUT2D eigenvalue weighted by atomic mass is 10.1. The van der Waals surface area contributed by atoms with Crippen LogP contribution in [0.25, 0.3) is 5.69 Å². The minimum atomic E-state index is -0.0991. The summed E-state index contributed by atoms with van der Waals surface area (Å²) in [7, 11) is 3.07. The van der Waals surface area contributed by atoms with Crippen LogP contribution in [0, 0.1) is 13.8 Å². The maximum absolute atomic E-state index is 11.8. The summed E-state index contributed by atoms with van der Waals surface area (Å²) in [4.78, 5) is 21.0. The summed E-state index contributed by atoms with van der Waals surface area (Å²) < 4.78 is 2.01. The van der Waals surface area contributed by atoms with Gasteiger partial charge in [-0.25, -0.2) is 10.0 Å². The van der Waals surface area contributed by atoms with Crippen molar-refractivity contribution in [2.45, 2.75) is 19.0 Å². The lowest BCUT2D eigenvalue weighted by Crippen LogP contribution is -2.27. The SMILES string of the molecule is CON(C)C(=O)CSc1nccn1-c1cc(C)ccc1C. The average molecular weight is 305 g/mol. The van der Waals surface area contributed by atoms with E-state index in [1.807, 2.05) is 10.8 Å². The van der Waals surface area contributed by atoms with Crippen LogP contribution < -0.4 is 0 Å². The van der Waals surface area contributed by atoms with E-state index in [9.17, 15) is 4.79 Å². The van der Waals surface area contributed by atoms with Crippen molar-refractivity contribution in [1.29, 1.82) is 0 Å². The topological polar surface area (TPSA) is 47.4 Å². The third kappa shape index (κ3) is 3.65. The van der Waals surface area contributed by atoms with Crippen LogP contribution in [0.1, 0.15) is 11.1 Å². The van der Waals surface area contributed by atoms with Gasteiger partial charge in [0, 0.05) is 19.4 Å². The molecule has 21 heavy (non-hydrogen) atoms. The number of nitrogens with zero attached hydrogens (tertiary/aromatic N) is 3. The second-order valence-electron chi connectivity index (χ2n) is 4.73. The van der Waals surface area contributed by atoms with Crippen molar-refractivity contribution < 1.29 is 9.63 Å². The third-order valence-electron chi connectivity index (χ3n) is 3.18. The van der Waals surface area contributed by atoms with Crippen LogP contribution in [-0.4, -0.2) is 40.4 Å². The highest BCUT2D eigenvalue weighted by atomic mass is 32.2. The van der Waals surface area contributed by atoms with Crippen molar-refractivity contribution in [3.8, 4) is 5.69 Å². The van der Waals surface area contributed by atoms with Crippen LogP contribution in [0.15, 0.2) is 35.7 Å². The highest BCUT2D eigenvalue weighted by molar-refractivity contribution is 7.99. The fourth-order valence-electron chi connectivity index (χ4n) is 1.88. The monoisotopic (exact) mass is 305 g/mol. The third-order valence-corrected chi connectivity index (χ3v) is 4.13. The predicted octanol–water partition coefficient (Wildman–Crippen LogP) is 2.60. The van der Waals surface area contributed by atoms with E-state index < -0.39 is 0 Å². The normalized spacial score (nSPS) is 10.7. The van der Waals surface area contributed by atoms with Gasteiger partial charge in [0.05, 0.1) is 18.6 Å². The lowest BCUT2D eigenvalue weighted by molar-refractivity contribution is -0.165. The maximum atomic E-state index is 11.8. The first kappa shape index (κ1) is 15.6. The Morgan fingerprint density at radius 3 is 2.90 bits per heavy atom. The molecule has 0 N–H and O–H groups in total. The quantitative estimate of drug-likeness (QED) is 0.629. The van der Waals surface area contributed by atoms with Crippen LogP contribution in [0.4, 0.5) is 0 Å². The van der Waals surface area contributed by atoms with Crippen molar-refractivity contribution in [1.82, 2.24) is 14.6 Å². The van der Waals surface area contributed by atoms with Crippen LogP contribution in [0.5, 0.6) is 0 Å². The van der Waals surface area contributed by atoms with Gasteiger partial charge in [0.25, 0.3) is 5.91 Å². The molecule has 6 heteroatoms. The molecule has 0 aliphatic heterocycles. The molecule has 1 heterocycles. The number of aryl methyl sites for hydroxylation is 2. The first-order chi connectivity index (χ1) is 10.0. The summed E-state index contributed by atoms with van der Waals surface area (Å²) in [5, 5.41) is 2.01. The first-order valence-electron chi connectivity index (χ1n) is 6.57. The van der Waals surface area contributed by atoms with E-state index in [1.165, 1.54) is 35.1 Å². The van der Waals surface area contributed by atoms with Gasteiger partial charge < -0.3 is 0 Å². The number of carbonyl (C=O) groups excluding carboxylic acids is 1. The minimum absolute atomic E-state index is 0.0991. The zero-order chi connectivity index (χ0) is 15.4. The molecule has 1 aromatic heterocycles. The number of hydrogen-bond donors (Lipinski definition) is 0. The number of carbonyl (C=O) groups is 1. The van der Waals surface area contributed by atoms with Crippen molar-refractivity contribution in [2.24, 2.45) is 0 Å². The molecule has 0 saturated heterocycles. The summed E-state index contributed by atoms with van der Waals surface area (Å²) >= 11 is 1.40. The molecule has 0 unspecified atom stereocenters. The molecule has 0 fully saturated rings. The van der Waals surface area contributed by atoms with Gasteiger partial charge in [-0.15, -0.1) is 0 Å². The number of hydroxylamine groups is 2. The van der Waals surface area contributed by atoms with Gasteiger partial charge in [-0.1, -0.05) is 23.9 Å². The standard InChI is InChI=1S/C15H19N3O2S/c1-11-5-6-12(2)13(9-11)18-8-7-16-15(18)21-10-14(19)17(3)20-4/h5-9H,10H2,1-4H3. The molecule has 0 atom stereocenters. The molecular formula is C15H19N3O2S. The Morgan fingerprint density at radius 1 is 1.43 bits per heavy atom. The molecule has 5 nitrogen and oxygen atoms in total. The molecule has 2 rings (SSSR count). The Kier molecular flexibility index (Phi) is 5.03. The number of imidazole rings is 1. The van der Waals surface area contributed by atoms with E-state index in [4.69, 9.17) is 4.84 Å². The van der Waals surface area contributed by atoms with Crippen LogP contribution in [0.3, 0.4) is 0 Å². The molecule has 0 saturated carbocycles. The fraction of sp³-hybridized carbons (Fsp3) is 0.333. The number of thioether (sulfide) groups is 1. The molecule has 1 amide bonds. The zero-order valence-electron chi connectivity index (χ0n) is 12.7. The van der Waals surface area contributed by atoms with Crippen molar-refractivity contribution in [3.63, 3.8) is 0 Å². The van der Waals surface area contributed by atoms with Crippen molar-refractivity contribution >= 4 is 17.7 Å². The predicted molar refractivity (Wildman–Crippen MR) is 83.5 cm³/mol. The summed E-state index contributed by atoms with van der Waals surface area (Å²) in [6, 6.07) is 6.28. The first-order valence-corrected chi connectivity index (χ1v) is 7.56. The van der Waals surface area contributed by atoms with Gasteiger partial charge in [0.1, 0.15) is 0 Å². The van der Waals surface area contributed by atoms with E-state index in [0.29, 0.717) is 0 Å². The van der Waals surface area contributed by atoms with E-state index in [1.54, 1.807) is 13.2 Å². The highest BCUT2D eigenvalue weighted by Gasteiger charge is 2.13. The average Bonchev–Trinajstić information content (AvgIpc) is 2.94. The number of benzene rings is 1. The molecule has 112 valence electrons. The molecular weight excluding hydrogens is 286 g/mol. The molecule has 2 aromatic rings. The number of amides is 1. The van der Waals surface area contributed by atoms with Gasteiger partial charge in [-0.3, -0.25) is 14.2 Å². The van der Waals surface area contributed by atoms with Gasteiger partial charge in [0.15, 0.2) is 5.16 Å². The molecule has 0 spiro atoms. The van der Waals surface area contributed by atoms with E-state index in [-0.39, 0.29) is 11.7 Å². The highest BCUT2D eigenvalue weighted by Crippen LogP contribution is 2.23. The van der Waals surface area contributed by atoms with Crippen LogP contribution >= 0.6 is 11.8 Å². The molecule has 0 radical (unpaired) electrons. The summed E-state index contributed by atoms with van der Waals surface area (Å²) in [6.07, 6.45) is 3.66. The minimum Gasteiger partial charge on any atom is -0.295 e. The summed E-state index contributed by atoms with van der Waals surface area (Å²) in [6.45, 7) is 4.12. The van der Waals surface area contributed by atoms with Gasteiger partial charge in [-0.2, -0.15) is 0 Å². The Hall–Kier alpha value is -1.79. The number of rotatable bonds is 5. The lowest BCUT2D eigenvalue weighted by Gasteiger charge is -2.14. The van der Waals surface area contributed by atoms with Crippen LogP contribution in [0.2, 0.25) is 0 Å².